The number of nitrogens with zero attached hydrogens (tertiary/aromatic N) is 5. The summed E-state index contributed by atoms with van der Waals surface area (Å²) in [7, 11) is 3.11. The quantitative estimate of drug-likeness (QED) is 0.354. The van der Waals surface area contributed by atoms with Crippen molar-refractivity contribution in [2.24, 2.45) is 0 Å². The zero-order valence-electron chi connectivity index (χ0n) is 19.2. The summed E-state index contributed by atoms with van der Waals surface area (Å²) in [5.41, 5.74) is 2.54. The summed E-state index contributed by atoms with van der Waals surface area (Å²) < 4.78 is 17.8. The largest absolute Gasteiger partial charge is 0.497 e. The van der Waals surface area contributed by atoms with E-state index < -0.39 is 0 Å². The predicted octanol–water partition coefficient (Wildman–Crippen LogP) is 4.07. The lowest BCUT2D eigenvalue weighted by molar-refractivity contribution is -0.113. The predicted molar refractivity (Wildman–Crippen MR) is 128 cm³/mol. The first kappa shape index (κ1) is 23.3. The smallest absolute Gasteiger partial charge is 0.296 e. The van der Waals surface area contributed by atoms with Gasteiger partial charge >= 0.3 is 0 Å². The Morgan fingerprint density at radius 1 is 1.12 bits per heavy atom. The lowest BCUT2D eigenvalue weighted by atomic mass is 10.1. The van der Waals surface area contributed by atoms with Crippen molar-refractivity contribution in [3.05, 3.63) is 48.0 Å². The van der Waals surface area contributed by atoms with Crippen molar-refractivity contribution in [3.63, 3.8) is 0 Å². The van der Waals surface area contributed by atoms with Crippen LogP contribution in [0.4, 0.5) is 5.69 Å². The van der Waals surface area contributed by atoms with Crippen molar-refractivity contribution in [1.82, 2.24) is 24.9 Å². The van der Waals surface area contributed by atoms with Crippen LogP contribution in [0.3, 0.4) is 0 Å². The van der Waals surface area contributed by atoms with Crippen LogP contribution in [-0.4, -0.2) is 50.8 Å². The molecule has 0 saturated carbocycles. The van der Waals surface area contributed by atoms with Gasteiger partial charge in [-0.15, -0.1) is 10.2 Å². The molecule has 4 aromatic rings. The average Bonchev–Trinajstić information content (AvgIpc) is 3.49. The number of rotatable bonds is 9. The minimum absolute atomic E-state index is 0.135. The van der Waals surface area contributed by atoms with Gasteiger partial charge < -0.3 is 19.3 Å². The molecule has 0 atom stereocenters. The fourth-order valence-corrected chi connectivity index (χ4v) is 4.06. The topological polar surface area (TPSA) is 117 Å². The van der Waals surface area contributed by atoms with Crippen LogP contribution < -0.4 is 14.8 Å². The van der Waals surface area contributed by atoms with Crippen LogP contribution in [0.5, 0.6) is 11.5 Å². The number of aromatic nitrogens is 5. The first-order valence-electron chi connectivity index (χ1n) is 10.5. The van der Waals surface area contributed by atoms with Crippen LogP contribution in [0, 0.1) is 6.92 Å². The summed E-state index contributed by atoms with van der Waals surface area (Å²) in [5, 5.41) is 15.9. The fraction of sp³-hybridized carbons (Fsp3) is 0.261. The number of thioether (sulfide) groups is 1. The van der Waals surface area contributed by atoms with E-state index >= 15 is 0 Å². The fourth-order valence-electron chi connectivity index (χ4n) is 3.26. The van der Waals surface area contributed by atoms with Gasteiger partial charge in [0.05, 0.1) is 20.0 Å². The normalized spacial score (nSPS) is 10.8. The monoisotopic (exact) mass is 480 g/mol. The van der Waals surface area contributed by atoms with E-state index in [4.69, 9.17) is 14.0 Å². The maximum atomic E-state index is 12.5. The molecule has 2 aromatic heterocycles. The van der Waals surface area contributed by atoms with E-state index in [1.165, 1.54) is 11.8 Å². The second kappa shape index (κ2) is 10.4. The molecular weight excluding hydrogens is 456 g/mol. The molecule has 0 fully saturated rings. The minimum atomic E-state index is -0.202. The van der Waals surface area contributed by atoms with Gasteiger partial charge in [-0.1, -0.05) is 40.7 Å². The molecule has 0 aliphatic heterocycles. The van der Waals surface area contributed by atoms with E-state index in [0.29, 0.717) is 40.5 Å². The standard InChI is InChI=1S/C23H24N6O4S/c1-5-29-21(22-25-20(28-33-22)15-8-6-7-14(2)9-15)26-27-23(29)34-13-19(30)24-16-10-17(31-3)12-18(11-16)32-4/h6-12H,5,13H2,1-4H3,(H,24,30). The summed E-state index contributed by atoms with van der Waals surface area (Å²) in [6.07, 6.45) is 0. The molecule has 2 heterocycles. The Labute approximate surface area is 200 Å². The molecule has 0 aliphatic carbocycles. The van der Waals surface area contributed by atoms with Gasteiger partial charge in [0.2, 0.25) is 17.6 Å². The maximum Gasteiger partial charge on any atom is 0.296 e. The Balaban J connectivity index is 1.46. The van der Waals surface area contributed by atoms with Crippen LogP contribution >= 0.6 is 11.8 Å². The summed E-state index contributed by atoms with van der Waals surface area (Å²) >= 11 is 1.26. The minimum Gasteiger partial charge on any atom is -0.497 e. The molecule has 0 spiro atoms. The number of anilines is 1. The number of nitrogens with one attached hydrogen (secondary N) is 1. The third-order valence-corrected chi connectivity index (χ3v) is 5.86. The van der Waals surface area contributed by atoms with E-state index in [1.807, 2.05) is 42.7 Å². The number of benzene rings is 2. The van der Waals surface area contributed by atoms with Crippen LogP contribution in [0.2, 0.25) is 0 Å². The first-order chi connectivity index (χ1) is 16.5. The maximum absolute atomic E-state index is 12.5. The highest BCUT2D eigenvalue weighted by molar-refractivity contribution is 7.99. The van der Waals surface area contributed by atoms with E-state index in [0.717, 1.165) is 11.1 Å². The van der Waals surface area contributed by atoms with Gasteiger partial charge in [-0.05, 0) is 19.9 Å². The summed E-state index contributed by atoms with van der Waals surface area (Å²) in [6.45, 7) is 4.53. The molecule has 1 N–H and O–H groups in total. The Morgan fingerprint density at radius 2 is 1.88 bits per heavy atom. The van der Waals surface area contributed by atoms with Crippen LogP contribution in [0.1, 0.15) is 12.5 Å². The molecule has 0 bridgehead atoms. The van der Waals surface area contributed by atoms with Gasteiger partial charge in [0.25, 0.3) is 5.89 Å². The van der Waals surface area contributed by atoms with Crippen molar-refractivity contribution in [1.29, 1.82) is 0 Å². The number of aryl methyl sites for hydroxylation is 1. The lowest BCUT2D eigenvalue weighted by Gasteiger charge is -2.10. The second-order valence-electron chi connectivity index (χ2n) is 7.28. The van der Waals surface area contributed by atoms with Crippen molar-refractivity contribution >= 4 is 23.4 Å². The van der Waals surface area contributed by atoms with E-state index in [2.05, 4.69) is 25.7 Å². The van der Waals surface area contributed by atoms with Gasteiger partial charge in [0.15, 0.2) is 5.16 Å². The van der Waals surface area contributed by atoms with E-state index in [1.54, 1.807) is 32.4 Å². The molecule has 1 amide bonds. The van der Waals surface area contributed by atoms with Crippen LogP contribution in [-0.2, 0) is 11.3 Å². The van der Waals surface area contributed by atoms with Crippen molar-refractivity contribution in [3.8, 4) is 34.6 Å². The highest BCUT2D eigenvalue weighted by Crippen LogP contribution is 2.27. The molecule has 176 valence electrons. The molecular formula is C23H24N6O4S. The molecule has 11 heteroatoms. The zero-order valence-corrected chi connectivity index (χ0v) is 20.0. The molecule has 0 saturated heterocycles. The van der Waals surface area contributed by atoms with Gasteiger partial charge in [-0.3, -0.25) is 9.36 Å². The summed E-state index contributed by atoms with van der Waals surface area (Å²) in [5.74, 6) is 2.30. The van der Waals surface area contributed by atoms with Gasteiger partial charge in [-0.2, -0.15) is 4.98 Å². The number of carbonyl (C=O) groups excluding carboxylic acids is 1. The summed E-state index contributed by atoms with van der Waals surface area (Å²) in [6, 6.07) is 13.0. The zero-order chi connectivity index (χ0) is 24.1. The summed E-state index contributed by atoms with van der Waals surface area (Å²) in [4.78, 5) is 17.0. The van der Waals surface area contributed by atoms with Crippen molar-refractivity contribution in [2.45, 2.75) is 25.5 Å². The Morgan fingerprint density at radius 3 is 2.56 bits per heavy atom. The van der Waals surface area contributed by atoms with E-state index in [9.17, 15) is 4.79 Å². The lowest BCUT2D eigenvalue weighted by Crippen LogP contribution is -2.14. The number of hydrogen-bond acceptors (Lipinski definition) is 9. The molecule has 4 rings (SSSR count). The Hall–Kier alpha value is -3.86. The van der Waals surface area contributed by atoms with Crippen LogP contribution in [0.15, 0.2) is 52.1 Å². The molecule has 10 nitrogen and oxygen atoms in total. The molecule has 0 radical (unpaired) electrons. The average molecular weight is 481 g/mol. The van der Waals surface area contributed by atoms with E-state index in [-0.39, 0.29) is 17.6 Å². The molecule has 2 aromatic carbocycles. The molecule has 34 heavy (non-hydrogen) atoms. The highest BCUT2D eigenvalue weighted by atomic mass is 32.2. The number of methoxy groups -OCH3 is 2. The van der Waals surface area contributed by atoms with Gasteiger partial charge in [-0.25, -0.2) is 0 Å². The number of ether oxygens (including phenoxy) is 2. The highest BCUT2D eigenvalue weighted by Gasteiger charge is 2.20. The number of hydrogen-bond donors (Lipinski definition) is 1. The van der Waals surface area contributed by atoms with Gasteiger partial charge in [0.1, 0.15) is 11.5 Å². The third-order valence-electron chi connectivity index (χ3n) is 4.89. The number of amides is 1. The molecule has 0 unspecified atom stereocenters. The van der Waals surface area contributed by atoms with Crippen molar-refractivity contribution in [2.75, 3.05) is 25.3 Å². The Kier molecular flexibility index (Phi) is 7.12. The van der Waals surface area contributed by atoms with Crippen LogP contribution in [0.25, 0.3) is 23.1 Å². The SMILES string of the molecule is CCn1c(SCC(=O)Nc2cc(OC)cc(OC)c2)nnc1-c1nc(-c2cccc(C)c2)no1. The Bertz CT molecular complexity index is 1280. The first-order valence-corrected chi connectivity index (χ1v) is 11.5. The molecule has 0 aliphatic rings. The number of carbonyl (C=O) groups is 1. The van der Waals surface area contributed by atoms with Crippen molar-refractivity contribution < 1.29 is 18.8 Å². The third kappa shape index (κ3) is 5.20. The second-order valence-corrected chi connectivity index (χ2v) is 8.22. The van der Waals surface area contributed by atoms with Gasteiger partial charge in [0, 0.05) is 36.0 Å².